The molecule has 1 aromatic heterocycles. The summed E-state index contributed by atoms with van der Waals surface area (Å²) < 4.78 is 30.9. The van der Waals surface area contributed by atoms with Crippen LogP contribution in [0.4, 0.5) is 0 Å². The van der Waals surface area contributed by atoms with E-state index in [4.69, 9.17) is 4.55 Å². The second-order valence-corrected chi connectivity index (χ2v) is 4.13. The SMILES string of the molecule is O=S(=O)(O)CCCn1cccc1. The Morgan fingerprint density at radius 1 is 1.25 bits per heavy atom. The van der Waals surface area contributed by atoms with Crippen LogP contribution in [0, 0.1) is 0 Å². The van der Waals surface area contributed by atoms with E-state index in [0.29, 0.717) is 13.0 Å². The van der Waals surface area contributed by atoms with Crippen molar-refractivity contribution in [1.82, 2.24) is 4.57 Å². The summed E-state index contributed by atoms with van der Waals surface area (Å²) in [5.41, 5.74) is 0. The second-order valence-electron chi connectivity index (χ2n) is 2.56. The van der Waals surface area contributed by atoms with E-state index in [1.54, 1.807) is 0 Å². The van der Waals surface area contributed by atoms with Crippen molar-refractivity contribution in [1.29, 1.82) is 0 Å². The molecule has 1 heterocycles. The zero-order chi connectivity index (χ0) is 9.03. The average molecular weight is 189 g/mol. The van der Waals surface area contributed by atoms with Crippen molar-refractivity contribution in [2.75, 3.05) is 5.75 Å². The maximum absolute atomic E-state index is 10.3. The van der Waals surface area contributed by atoms with Crippen molar-refractivity contribution in [3.05, 3.63) is 24.5 Å². The molecule has 0 aliphatic carbocycles. The van der Waals surface area contributed by atoms with Gasteiger partial charge in [0, 0.05) is 18.9 Å². The minimum atomic E-state index is -3.79. The van der Waals surface area contributed by atoms with Crippen molar-refractivity contribution in [3.63, 3.8) is 0 Å². The molecule has 0 unspecified atom stereocenters. The Bertz CT molecular complexity index is 314. The lowest BCUT2D eigenvalue weighted by Crippen LogP contribution is -2.06. The fraction of sp³-hybridized carbons (Fsp3) is 0.429. The van der Waals surface area contributed by atoms with Gasteiger partial charge in [-0.1, -0.05) is 0 Å². The van der Waals surface area contributed by atoms with E-state index in [9.17, 15) is 8.42 Å². The Balaban J connectivity index is 2.29. The Kier molecular flexibility index (Phi) is 2.88. The van der Waals surface area contributed by atoms with Gasteiger partial charge in [0.2, 0.25) is 0 Å². The first-order valence-electron chi connectivity index (χ1n) is 3.64. The summed E-state index contributed by atoms with van der Waals surface area (Å²) in [4.78, 5) is 0. The van der Waals surface area contributed by atoms with E-state index in [1.165, 1.54) is 0 Å². The first-order valence-corrected chi connectivity index (χ1v) is 5.25. The van der Waals surface area contributed by atoms with Gasteiger partial charge in [-0.15, -0.1) is 0 Å². The summed E-state index contributed by atoms with van der Waals surface area (Å²) in [6.45, 7) is 0.618. The van der Waals surface area contributed by atoms with Crippen molar-refractivity contribution in [2.24, 2.45) is 0 Å². The topological polar surface area (TPSA) is 59.3 Å². The minimum absolute atomic E-state index is 0.175. The second kappa shape index (κ2) is 3.73. The van der Waals surface area contributed by atoms with Crippen LogP contribution in [0.1, 0.15) is 6.42 Å². The molecule has 1 aromatic rings. The van der Waals surface area contributed by atoms with Crippen molar-refractivity contribution in [2.45, 2.75) is 13.0 Å². The van der Waals surface area contributed by atoms with E-state index < -0.39 is 10.1 Å². The van der Waals surface area contributed by atoms with Crippen molar-refractivity contribution < 1.29 is 13.0 Å². The minimum Gasteiger partial charge on any atom is -0.354 e. The zero-order valence-electron chi connectivity index (χ0n) is 6.55. The van der Waals surface area contributed by atoms with Crippen LogP contribution in [0.25, 0.3) is 0 Å². The molecule has 12 heavy (non-hydrogen) atoms. The first-order chi connectivity index (χ1) is 5.58. The molecule has 68 valence electrons. The molecule has 0 spiro atoms. The third-order valence-corrected chi connectivity index (χ3v) is 2.29. The molecule has 4 nitrogen and oxygen atoms in total. The predicted molar refractivity (Wildman–Crippen MR) is 45.5 cm³/mol. The lowest BCUT2D eigenvalue weighted by molar-refractivity contribution is 0.478. The number of hydrogen-bond acceptors (Lipinski definition) is 2. The van der Waals surface area contributed by atoms with Gasteiger partial charge in [-0.3, -0.25) is 4.55 Å². The Hall–Kier alpha value is -0.810. The number of nitrogens with zero attached hydrogens (tertiary/aromatic N) is 1. The van der Waals surface area contributed by atoms with E-state index in [0.717, 1.165) is 0 Å². The van der Waals surface area contributed by atoms with Gasteiger partial charge in [-0.2, -0.15) is 8.42 Å². The molecule has 0 aliphatic heterocycles. The highest BCUT2D eigenvalue weighted by Crippen LogP contribution is 1.95. The predicted octanol–water partition coefficient (Wildman–Crippen LogP) is 0.766. The number of hydrogen-bond donors (Lipinski definition) is 1. The van der Waals surface area contributed by atoms with Crippen LogP contribution in [0.3, 0.4) is 0 Å². The summed E-state index contributed by atoms with van der Waals surface area (Å²) in [5.74, 6) is -0.175. The molecule has 0 saturated carbocycles. The molecule has 0 amide bonds. The standard InChI is InChI=1S/C7H11NO3S/c9-12(10,11)7-3-6-8-4-1-2-5-8/h1-2,4-5H,3,6-7H2,(H,9,10,11). The molecule has 0 aliphatic rings. The third-order valence-electron chi connectivity index (χ3n) is 1.48. The van der Waals surface area contributed by atoms with Crippen LogP contribution in [-0.4, -0.2) is 23.3 Å². The summed E-state index contributed by atoms with van der Waals surface area (Å²) in [5, 5.41) is 0. The maximum Gasteiger partial charge on any atom is 0.264 e. The van der Waals surface area contributed by atoms with E-state index in [2.05, 4.69) is 0 Å². The van der Waals surface area contributed by atoms with Gasteiger partial charge in [0.1, 0.15) is 0 Å². The molecule has 0 radical (unpaired) electrons. The lowest BCUT2D eigenvalue weighted by atomic mass is 10.5. The Labute approximate surface area is 71.6 Å². The molecule has 1 N–H and O–H groups in total. The Morgan fingerprint density at radius 3 is 2.33 bits per heavy atom. The summed E-state index contributed by atoms with van der Waals surface area (Å²) in [6, 6.07) is 3.74. The highest BCUT2D eigenvalue weighted by atomic mass is 32.2. The number of aromatic nitrogens is 1. The average Bonchev–Trinajstić information content (AvgIpc) is 2.36. The van der Waals surface area contributed by atoms with Crippen LogP contribution >= 0.6 is 0 Å². The van der Waals surface area contributed by atoms with E-state index >= 15 is 0 Å². The summed E-state index contributed by atoms with van der Waals surface area (Å²) in [7, 11) is -3.79. The third kappa shape index (κ3) is 3.54. The highest BCUT2D eigenvalue weighted by Gasteiger charge is 2.02. The van der Waals surface area contributed by atoms with Crippen LogP contribution in [0.15, 0.2) is 24.5 Å². The first kappa shape index (κ1) is 9.28. The molecule has 5 heteroatoms. The van der Waals surface area contributed by atoms with Crippen LogP contribution < -0.4 is 0 Å². The van der Waals surface area contributed by atoms with Gasteiger partial charge >= 0.3 is 0 Å². The van der Waals surface area contributed by atoms with E-state index in [1.807, 2.05) is 29.1 Å². The molecule has 0 aromatic carbocycles. The molecular weight excluding hydrogens is 178 g/mol. The smallest absolute Gasteiger partial charge is 0.264 e. The fourth-order valence-electron chi connectivity index (χ4n) is 0.949. The van der Waals surface area contributed by atoms with Gasteiger partial charge in [0.15, 0.2) is 0 Å². The normalized spacial score (nSPS) is 11.8. The van der Waals surface area contributed by atoms with Gasteiger partial charge in [0.25, 0.3) is 10.1 Å². The maximum atomic E-state index is 10.3. The van der Waals surface area contributed by atoms with Crippen molar-refractivity contribution >= 4 is 10.1 Å². The Morgan fingerprint density at radius 2 is 1.83 bits per heavy atom. The number of aryl methyl sites for hydroxylation is 1. The lowest BCUT2D eigenvalue weighted by Gasteiger charge is -1.99. The van der Waals surface area contributed by atoms with Crippen LogP contribution in [-0.2, 0) is 16.7 Å². The van der Waals surface area contributed by atoms with Gasteiger partial charge in [0.05, 0.1) is 5.75 Å². The molecule has 0 fully saturated rings. The van der Waals surface area contributed by atoms with Gasteiger partial charge in [-0.25, -0.2) is 0 Å². The molecule has 0 atom stereocenters. The quantitative estimate of drug-likeness (QED) is 0.711. The fourth-order valence-corrected chi connectivity index (χ4v) is 1.44. The van der Waals surface area contributed by atoms with Crippen LogP contribution in [0.5, 0.6) is 0 Å². The zero-order valence-corrected chi connectivity index (χ0v) is 7.37. The monoisotopic (exact) mass is 189 g/mol. The largest absolute Gasteiger partial charge is 0.354 e. The molecule has 0 saturated heterocycles. The molecular formula is C7H11NO3S. The number of rotatable bonds is 4. The van der Waals surface area contributed by atoms with Crippen molar-refractivity contribution in [3.8, 4) is 0 Å². The van der Waals surface area contributed by atoms with Crippen LogP contribution in [0.2, 0.25) is 0 Å². The summed E-state index contributed by atoms with van der Waals surface area (Å²) in [6.07, 6.45) is 4.14. The van der Waals surface area contributed by atoms with Gasteiger partial charge < -0.3 is 4.57 Å². The highest BCUT2D eigenvalue weighted by molar-refractivity contribution is 7.85. The summed E-state index contributed by atoms with van der Waals surface area (Å²) >= 11 is 0. The van der Waals surface area contributed by atoms with Gasteiger partial charge in [-0.05, 0) is 18.6 Å². The molecule has 1 rings (SSSR count). The molecule has 0 bridgehead atoms. The van der Waals surface area contributed by atoms with E-state index in [-0.39, 0.29) is 5.75 Å².